The number of nitrogens with zero attached hydrogens (tertiary/aromatic N) is 2. The second kappa shape index (κ2) is 4.63. The monoisotopic (exact) mass is 302 g/mol. The number of Topliss-reactive ketones (excluding diaryl/α,β-unsaturated/α-hetero) is 1. The molecule has 2 aliphatic rings. The minimum atomic E-state index is -0.817. The maximum absolute atomic E-state index is 12.7. The van der Waals surface area contributed by atoms with Crippen LogP contribution in [0.5, 0.6) is 0 Å². The van der Waals surface area contributed by atoms with Crippen molar-refractivity contribution in [1.82, 2.24) is 4.98 Å². The van der Waals surface area contributed by atoms with Gasteiger partial charge >= 0.3 is 5.97 Å². The molecule has 1 aliphatic heterocycles. The van der Waals surface area contributed by atoms with E-state index in [1.165, 1.54) is 4.90 Å². The minimum Gasteiger partial charge on any atom is -0.459 e. The van der Waals surface area contributed by atoms with E-state index >= 15 is 0 Å². The van der Waals surface area contributed by atoms with Gasteiger partial charge < -0.3 is 4.74 Å². The molecule has 1 saturated carbocycles. The van der Waals surface area contributed by atoms with E-state index in [1.54, 1.807) is 33.0 Å². The third-order valence-corrected chi connectivity index (χ3v) is 3.92. The average molecular weight is 302 g/mol. The van der Waals surface area contributed by atoms with E-state index < -0.39 is 17.0 Å². The highest BCUT2D eigenvalue weighted by Gasteiger charge is 2.59. The molecule has 22 heavy (non-hydrogen) atoms. The molecule has 1 fully saturated rings. The smallest absolute Gasteiger partial charge is 0.326 e. The molecule has 0 bridgehead atoms. The molecule has 1 aromatic heterocycles. The van der Waals surface area contributed by atoms with Gasteiger partial charge in [0.1, 0.15) is 23.7 Å². The lowest BCUT2D eigenvalue weighted by Gasteiger charge is -2.35. The van der Waals surface area contributed by atoms with Gasteiger partial charge in [-0.05, 0) is 26.8 Å². The number of carbonyl (C=O) groups is 3. The Bertz CT molecular complexity index is 667. The van der Waals surface area contributed by atoms with Crippen molar-refractivity contribution in [1.29, 1.82) is 0 Å². The summed E-state index contributed by atoms with van der Waals surface area (Å²) in [5, 5.41) is 0. The van der Waals surface area contributed by atoms with Crippen molar-refractivity contribution in [3.05, 3.63) is 23.9 Å². The molecule has 2 heterocycles. The third-order valence-electron chi connectivity index (χ3n) is 3.92. The summed E-state index contributed by atoms with van der Waals surface area (Å²) < 4.78 is 5.28. The van der Waals surface area contributed by atoms with Gasteiger partial charge in [0.15, 0.2) is 0 Å². The second-order valence-electron chi connectivity index (χ2n) is 6.83. The highest BCUT2D eigenvalue weighted by molar-refractivity contribution is 6.16. The van der Waals surface area contributed by atoms with Crippen LogP contribution in [0.1, 0.15) is 39.2 Å². The maximum Gasteiger partial charge on any atom is 0.326 e. The molecule has 1 amide bonds. The lowest BCUT2D eigenvalue weighted by Crippen LogP contribution is -2.51. The topological polar surface area (TPSA) is 76.6 Å². The standard InChI is InChI=1S/C16H18N2O4/c1-15(2,3)22-12(20)9-18-13-11(5-4-6-17-13)16(14(18)21)7-10(19)8-16/h4-6H,7-9H2,1-3H3. The van der Waals surface area contributed by atoms with E-state index in [2.05, 4.69) is 4.98 Å². The molecular weight excluding hydrogens is 284 g/mol. The number of ether oxygens (including phenoxy) is 1. The van der Waals surface area contributed by atoms with Crippen LogP contribution in [0.25, 0.3) is 0 Å². The number of hydrogen-bond acceptors (Lipinski definition) is 5. The van der Waals surface area contributed by atoms with E-state index in [4.69, 9.17) is 4.74 Å². The van der Waals surface area contributed by atoms with Crippen LogP contribution in [0, 0.1) is 0 Å². The van der Waals surface area contributed by atoms with E-state index in [9.17, 15) is 14.4 Å². The number of esters is 1. The molecule has 6 nitrogen and oxygen atoms in total. The van der Waals surface area contributed by atoms with E-state index in [-0.39, 0.29) is 31.1 Å². The van der Waals surface area contributed by atoms with Crippen molar-refractivity contribution in [3.63, 3.8) is 0 Å². The third kappa shape index (κ3) is 2.19. The van der Waals surface area contributed by atoms with Crippen molar-refractivity contribution >= 4 is 23.5 Å². The fourth-order valence-electron chi connectivity index (χ4n) is 3.07. The van der Waals surface area contributed by atoms with Crippen molar-refractivity contribution in [2.24, 2.45) is 0 Å². The highest BCUT2D eigenvalue weighted by Crippen LogP contribution is 2.50. The summed E-state index contributed by atoms with van der Waals surface area (Å²) in [6.45, 7) is 5.13. The van der Waals surface area contributed by atoms with Gasteiger partial charge in [-0.3, -0.25) is 19.3 Å². The Morgan fingerprint density at radius 3 is 2.64 bits per heavy atom. The van der Waals surface area contributed by atoms with Crippen LogP contribution in [0.2, 0.25) is 0 Å². The lowest BCUT2D eigenvalue weighted by atomic mass is 9.64. The SMILES string of the molecule is CC(C)(C)OC(=O)CN1C(=O)C2(CC(=O)C2)c2cccnc21. The Kier molecular flexibility index (Phi) is 3.09. The number of amides is 1. The van der Waals surface area contributed by atoms with Crippen LogP contribution in [-0.2, 0) is 24.5 Å². The Morgan fingerprint density at radius 1 is 1.36 bits per heavy atom. The Hall–Kier alpha value is -2.24. The van der Waals surface area contributed by atoms with Crippen LogP contribution < -0.4 is 4.90 Å². The molecule has 0 radical (unpaired) electrons. The fraction of sp³-hybridized carbons (Fsp3) is 0.500. The van der Waals surface area contributed by atoms with Gasteiger partial charge in [0.05, 0.1) is 5.41 Å². The molecule has 6 heteroatoms. The molecule has 0 aromatic carbocycles. The Morgan fingerprint density at radius 2 is 2.05 bits per heavy atom. The molecular formula is C16H18N2O4. The Balaban J connectivity index is 1.89. The van der Waals surface area contributed by atoms with Crippen LogP contribution in [0.4, 0.5) is 5.82 Å². The van der Waals surface area contributed by atoms with Gasteiger partial charge in [-0.15, -0.1) is 0 Å². The highest BCUT2D eigenvalue weighted by atomic mass is 16.6. The van der Waals surface area contributed by atoms with Gasteiger partial charge in [-0.25, -0.2) is 4.98 Å². The Labute approximate surface area is 128 Å². The van der Waals surface area contributed by atoms with Crippen LogP contribution in [-0.4, -0.2) is 34.8 Å². The van der Waals surface area contributed by atoms with Crippen molar-refractivity contribution in [2.45, 2.75) is 44.6 Å². The fourth-order valence-corrected chi connectivity index (χ4v) is 3.07. The predicted molar refractivity (Wildman–Crippen MR) is 78.4 cm³/mol. The van der Waals surface area contributed by atoms with Crippen LogP contribution >= 0.6 is 0 Å². The van der Waals surface area contributed by atoms with E-state index in [0.29, 0.717) is 5.82 Å². The van der Waals surface area contributed by atoms with Gasteiger partial charge in [0.2, 0.25) is 5.91 Å². The van der Waals surface area contributed by atoms with E-state index in [1.807, 2.05) is 6.07 Å². The first-order chi connectivity index (χ1) is 10.2. The second-order valence-corrected chi connectivity index (χ2v) is 6.83. The molecule has 1 aromatic rings. The molecule has 0 saturated heterocycles. The number of pyridine rings is 1. The molecule has 3 rings (SSSR count). The van der Waals surface area contributed by atoms with E-state index in [0.717, 1.165) is 5.56 Å². The molecule has 116 valence electrons. The number of anilines is 1. The zero-order chi connectivity index (χ0) is 16.1. The molecule has 0 atom stereocenters. The molecule has 0 N–H and O–H groups in total. The first kappa shape index (κ1) is 14.7. The average Bonchev–Trinajstić information content (AvgIpc) is 2.60. The maximum atomic E-state index is 12.7. The van der Waals surface area contributed by atoms with Crippen molar-refractivity contribution in [3.8, 4) is 0 Å². The summed E-state index contributed by atoms with van der Waals surface area (Å²) in [7, 11) is 0. The number of hydrogen-bond donors (Lipinski definition) is 0. The number of ketones is 1. The van der Waals surface area contributed by atoms with Crippen LogP contribution in [0.15, 0.2) is 18.3 Å². The number of fused-ring (bicyclic) bond motifs is 2. The van der Waals surface area contributed by atoms with Gasteiger partial charge in [-0.2, -0.15) is 0 Å². The summed E-state index contributed by atoms with van der Waals surface area (Å²) in [4.78, 5) is 41.8. The summed E-state index contributed by atoms with van der Waals surface area (Å²) in [5.41, 5.74) is -0.692. The first-order valence-corrected chi connectivity index (χ1v) is 7.24. The number of aromatic nitrogens is 1. The number of carbonyl (C=O) groups excluding carboxylic acids is 3. The summed E-state index contributed by atoms with van der Waals surface area (Å²) in [6.07, 6.45) is 1.96. The minimum absolute atomic E-state index is 0.0577. The van der Waals surface area contributed by atoms with Gasteiger partial charge in [0.25, 0.3) is 0 Å². The zero-order valence-corrected chi connectivity index (χ0v) is 12.9. The normalized spacial score (nSPS) is 19.1. The lowest BCUT2D eigenvalue weighted by molar-refractivity contribution is -0.153. The number of rotatable bonds is 2. The van der Waals surface area contributed by atoms with Crippen LogP contribution in [0.3, 0.4) is 0 Å². The summed E-state index contributed by atoms with van der Waals surface area (Å²) >= 11 is 0. The summed E-state index contributed by atoms with van der Waals surface area (Å²) in [5.74, 6) is -0.194. The predicted octanol–water partition coefficient (Wildman–Crippen LogP) is 1.37. The van der Waals surface area contributed by atoms with Crippen molar-refractivity contribution < 1.29 is 19.1 Å². The molecule has 1 aliphatic carbocycles. The van der Waals surface area contributed by atoms with Crippen molar-refractivity contribution in [2.75, 3.05) is 11.4 Å². The molecule has 0 unspecified atom stereocenters. The summed E-state index contributed by atoms with van der Waals surface area (Å²) in [6, 6.07) is 3.55. The van der Waals surface area contributed by atoms with Gasteiger partial charge in [0, 0.05) is 24.6 Å². The zero-order valence-electron chi connectivity index (χ0n) is 12.9. The first-order valence-electron chi connectivity index (χ1n) is 7.24. The quantitative estimate of drug-likeness (QED) is 0.771. The largest absolute Gasteiger partial charge is 0.459 e. The molecule has 1 spiro atoms. The van der Waals surface area contributed by atoms with Gasteiger partial charge in [-0.1, -0.05) is 6.07 Å².